The Kier molecular flexibility index (Phi) is 12.3. The van der Waals surface area contributed by atoms with Crippen LogP contribution in [0.25, 0.3) is 0 Å². The summed E-state index contributed by atoms with van der Waals surface area (Å²) in [5.74, 6) is -9.22. The van der Waals surface area contributed by atoms with Gasteiger partial charge in [0.15, 0.2) is 18.8 Å². The van der Waals surface area contributed by atoms with E-state index in [1.807, 2.05) is 0 Å². The molecule has 0 spiro atoms. The van der Waals surface area contributed by atoms with E-state index < -0.39 is 97.5 Å². The van der Waals surface area contributed by atoms with Crippen molar-refractivity contribution in [1.29, 1.82) is 0 Å². The third-order valence-electron chi connectivity index (χ3n) is 5.16. The molecule has 0 aromatic rings. The van der Waals surface area contributed by atoms with Gasteiger partial charge in [-0.05, 0) is 0 Å². The fraction of sp³-hybridized carbons (Fsp3) is 0.696. The van der Waals surface area contributed by atoms with Crippen molar-refractivity contribution in [2.75, 3.05) is 27.3 Å². The fourth-order valence-corrected chi connectivity index (χ4v) is 3.62. The monoisotopic (exact) mass is 562 g/mol. The smallest absolute Gasteiger partial charge is 0.367 e. The molecule has 2 amide bonds. The summed E-state index contributed by atoms with van der Waals surface area (Å²) in [5.41, 5.74) is 0. The Bertz CT molecular complexity index is 966. The number of hydrogen-bond donors (Lipinski definition) is 2. The quantitative estimate of drug-likeness (QED) is 0.205. The number of likely N-dealkylation sites (N-methyl/N-ethyl adjacent to an activating group) is 1. The minimum atomic E-state index is -2.91. The summed E-state index contributed by atoms with van der Waals surface area (Å²) in [6, 6.07) is -1.40. The van der Waals surface area contributed by atoms with Crippen LogP contribution in [0.3, 0.4) is 0 Å². The first-order valence-electron chi connectivity index (χ1n) is 11.7. The highest BCUT2D eigenvalue weighted by atomic mass is 16.7. The molecule has 1 aliphatic heterocycles. The van der Waals surface area contributed by atoms with Gasteiger partial charge in [0, 0.05) is 48.7 Å². The molecule has 1 aliphatic rings. The second-order valence-corrected chi connectivity index (χ2v) is 8.83. The maximum Gasteiger partial charge on any atom is 0.367 e. The Morgan fingerprint density at radius 3 is 1.97 bits per heavy atom. The molecule has 0 radical (unpaired) electrons. The Morgan fingerprint density at radius 1 is 0.923 bits per heavy atom. The maximum atomic E-state index is 12.9. The number of aliphatic hydroxyl groups is 1. The lowest BCUT2D eigenvalue weighted by Crippen LogP contribution is -2.68. The zero-order valence-electron chi connectivity index (χ0n) is 22.7. The van der Waals surface area contributed by atoms with Crippen molar-refractivity contribution in [3.05, 3.63) is 0 Å². The molecule has 39 heavy (non-hydrogen) atoms. The minimum absolute atomic E-state index is 0.638. The number of amides is 2. The van der Waals surface area contributed by atoms with Gasteiger partial charge >= 0.3 is 29.8 Å². The second-order valence-electron chi connectivity index (χ2n) is 8.83. The summed E-state index contributed by atoms with van der Waals surface area (Å²) >= 11 is 0. The number of carbonyl (C=O) groups excluding carboxylic acids is 7. The van der Waals surface area contributed by atoms with Crippen LogP contribution in [0, 0.1) is 0 Å². The standard InChI is InChI=1S/C23H34N2O14/c1-11(26)24-19-16(36-13(3)28)8-23(33,22(32)35-10-18(31)25(6)7)39-21(19)20(38-15(5)30)17(37-14(4)29)9-34-12(2)27/h16-17,19-21,33H,8-10H2,1-7H3,(H,24,26)/t16-,17+,19+,20+,21+,23-/m0/s1. The van der Waals surface area contributed by atoms with E-state index in [-0.39, 0.29) is 0 Å². The van der Waals surface area contributed by atoms with E-state index in [0.29, 0.717) is 0 Å². The molecule has 2 N–H and O–H groups in total. The molecule has 1 heterocycles. The molecule has 16 nitrogen and oxygen atoms in total. The average molecular weight is 563 g/mol. The molecule has 0 aliphatic carbocycles. The molecule has 1 fully saturated rings. The largest absolute Gasteiger partial charge is 0.462 e. The number of nitrogens with one attached hydrogen (secondary N) is 1. The van der Waals surface area contributed by atoms with E-state index in [1.54, 1.807) is 0 Å². The highest BCUT2D eigenvalue weighted by molar-refractivity contribution is 5.83. The van der Waals surface area contributed by atoms with E-state index >= 15 is 0 Å². The Balaban J connectivity index is 3.64. The van der Waals surface area contributed by atoms with Crippen LogP contribution in [0.5, 0.6) is 0 Å². The van der Waals surface area contributed by atoms with Crippen molar-refractivity contribution in [3.63, 3.8) is 0 Å². The van der Waals surface area contributed by atoms with Gasteiger partial charge in [-0.2, -0.15) is 0 Å². The van der Waals surface area contributed by atoms with Crippen molar-refractivity contribution in [2.24, 2.45) is 0 Å². The number of esters is 5. The lowest BCUT2D eigenvalue weighted by Gasteiger charge is -2.47. The fourth-order valence-electron chi connectivity index (χ4n) is 3.62. The van der Waals surface area contributed by atoms with Crippen molar-refractivity contribution in [1.82, 2.24) is 10.2 Å². The van der Waals surface area contributed by atoms with Crippen molar-refractivity contribution in [3.8, 4) is 0 Å². The SMILES string of the molecule is CC(=O)N[C@H]1[C@H]([C@H](OC(C)=O)[C@@H](COC(C)=O)OC(C)=O)O[C@](O)(C(=O)OCC(=O)N(C)C)C[C@@H]1OC(C)=O. The third kappa shape index (κ3) is 10.5. The van der Waals surface area contributed by atoms with Crippen molar-refractivity contribution in [2.45, 2.75) is 77.3 Å². The normalized spacial score (nSPS) is 23.7. The maximum absolute atomic E-state index is 12.9. The molecule has 0 unspecified atom stereocenters. The zero-order chi connectivity index (χ0) is 30.1. The van der Waals surface area contributed by atoms with Crippen LogP contribution in [-0.2, 0) is 62.0 Å². The summed E-state index contributed by atoms with van der Waals surface area (Å²) in [7, 11) is 2.80. The van der Waals surface area contributed by atoms with Crippen molar-refractivity contribution < 1.29 is 67.1 Å². The van der Waals surface area contributed by atoms with Gasteiger partial charge in [0.1, 0.15) is 18.8 Å². The molecular weight excluding hydrogens is 528 g/mol. The van der Waals surface area contributed by atoms with Crippen LogP contribution in [0.1, 0.15) is 41.0 Å². The topological polar surface area (TPSA) is 210 Å². The predicted molar refractivity (Wildman–Crippen MR) is 125 cm³/mol. The minimum Gasteiger partial charge on any atom is -0.462 e. The van der Waals surface area contributed by atoms with Gasteiger partial charge in [0.2, 0.25) is 5.91 Å². The van der Waals surface area contributed by atoms with E-state index in [1.165, 1.54) is 14.1 Å². The van der Waals surface area contributed by atoms with E-state index in [9.17, 15) is 38.7 Å². The van der Waals surface area contributed by atoms with E-state index in [0.717, 1.165) is 39.5 Å². The third-order valence-corrected chi connectivity index (χ3v) is 5.16. The second kappa shape index (κ2) is 14.4. The molecule has 16 heteroatoms. The summed E-state index contributed by atoms with van der Waals surface area (Å²) in [4.78, 5) is 85.2. The van der Waals surface area contributed by atoms with Crippen LogP contribution in [0.15, 0.2) is 0 Å². The summed E-state index contributed by atoms with van der Waals surface area (Å²) in [6.45, 7) is 3.72. The number of carbonyl (C=O) groups is 7. The first kappa shape index (κ1) is 33.2. The Morgan fingerprint density at radius 2 is 1.51 bits per heavy atom. The van der Waals surface area contributed by atoms with Crippen LogP contribution < -0.4 is 5.32 Å². The number of nitrogens with zero attached hydrogens (tertiary/aromatic N) is 1. The van der Waals surface area contributed by atoms with Crippen LogP contribution in [0.2, 0.25) is 0 Å². The summed E-state index contributed by atoms with van der Waals surface area (Å²) < 4.78 is 31.2. The first-order valence-corrected chi connectivity index (χ1v) is 11.7. The lowest BCUT2D eigenvalue weighted by molar-refractivity contribution is -0.300. The van der Waals surface area contributed by atoms with Gasteiger partial charge in [-0.25, -0.2) is 4.79 Å². The van der Waals surface area contributed by atoms with Crippen LogP contribution >= 0.6 is 0 Å². The molecule has 0 aromatic carbocycles. The van der Waals surface area contributed by atoms with E-state index in [2.05, 4.69) is 5.32 Å². The van der Waals surface area contributed by atoms with Crippen molar-refractivity contribution >= 4 is 41.7 Å². The summed E-state index contributed by atoms with van der Waals surface area (Å²) in [6.07, 6.45) is -7.36. The first-order chi connectivity index (χ1) is 18.0. The molecule has 1 saturated heterocycles. The van der Waals surface area contributed by atoms with Gasteiger partial charge in [-0.15, -0.1) is 0 Å². The Labute approximate surface area is 224 Å². The molecule has 0 aromatic heterocycles. The average Bonchev–Trinajstić information content (AvgIpc) is 2.78. The lowest BCUT2D eigenvalue weighted by atomic mass is 9.88. The molecule has 220 valence electrons. The highest BCUT2D eigenvalue weighted by Crippen LogP contribution is 2.34. The number of rotatable bonds is 11. The van der Waals surface area contributed by atoms with Gasteiger partial charge < -0.3 is 43.7 Å². The molecule has 6 atom stereocenters. The van der Waals surface area contributed by atoms with Crippen LogP contribution in [0.4, 0.5) is 0 Å². The predicted octanol–water partition coefficient (Wildman–Crippen LogP) is -2.04. The molecule has 0 saturated carbocycles. The van der Waals surface area contributed by atoms with E-state index in [4.69, 9.17) is 28.4 Å². The number of ether oxygens (including phenoxy) is 6. The van der Waals surface area contributed by atoms with Gasteiger partial charge in [-0.3, -0.25) is 28.8 Å². The molecular formula is C23H34N2O14. The molecule has 1 rings (SSSR count). The highest BCUT2D eigenvalue weighted by Gasteiger charge is 2.58. The van der Waals surface area contributed by atoms with Crippen LogP contribution in [-0.4, -0.2) is 115 Å². The van der Waals surface area contributed by atoms with Gasteiger partial charge in [-0.1, -0.05) is 0 Å². The zero-order valence-corrected chi connectivity index (χ0v) is 22.7. The number of hydrogen-bond acceptors (Lipinski definition) is 14. The van der Waals surface area contributed by atoms with Gasteiger partial charge in [0.05, 0.1) is 12.5 Å². The molecule has 0 bridgehead atoms. The Hall–Kier alpha value is -3.79. The summed E-state index contributed by atoms with van der Waals surface area (Å²) in [5, 5.41) is 13.7. The van der Waals surface area contributed by atoms with Gasteiger partial charge in [0.25, 0.3) is 11.7 Å².